The Balaban J connectivity index is 1.90. The van der Waals surface area contributed by atoms with Crippen LogP contribution in [0.2, 0.25) is 5.02 Å². The van der Waals surface area contributed by atoms with Gasteiger partial charge in [-0.1, -0.05) is 27.5 Å². The van der Waals surface area contributed by atoms with Crippen LogP contribution in [-0.4, -0.2) is 6.61 Å². The molecular formula is C14H13BrClNOS. The molecular weight excluding hydrogens is 346 g/mol. The lowest BCUT2D eigenvalue weighted by molar-refractivity contribution is 0.352. The van der Waals surface area contributed by atoms with Gasteiger partial charge >= 0.3 is 0 Å². The summed E-state index contributed by atoms with van der Waals surface area (Å²) in [4.78, 5) is 1.04. The Labute approximate surface area is 129 Å². The van der Waals surface area contributed by atoms with E-state index in [1.165, 1.54) is 5.56 Å². The minimum Gasteiger partial charge on any atom is -0.493 e. The standard InChI is InChI=1S/C14H13BrClNOS/c15-10-5-8-1-3-18-13(8)9(6-10)7-12(17)14-11(16)2-4-19-14/h2,4-6,12H,1,3,7,17H2. The van der Waals surface area contributed by atoms with Crippen molar-refractivity contribution in [1.82, 2.24) is 0 Å². The fourth-order valence-corrected chi connectivity index (χ4v) is 4.15. The molecule has 100 valence electrons. The molecule has 2 N–H and O–H groups in total. The Bertz CT molecular complexity index is 613. The average Bonchev–Trinajstić information content (AvgIpc) is 2.97. The number of benzene rings is 1. The van der Waals surface area contributed by atoms with Crippen LogP contribution in [0.1, 0.15) is 22.0 Å². The number of fused-ring (bicyclic) bond motifs is 1. The quantitative estimate of drug-likeness (QED) is 0.885. The van der Waals surface area contributed by atoms with E-state index in [1.54, 1.807) is 11.3 Å². The first-order valence-corrected chi connectivity index (χ1v) is 8.13. The smallest absolute Gasteiger partial charge is 0.125 e. The Morgan fingerprint density at radius 1 is 1.47 bits per heavy atom. The molecule has 3 rings (SSSR count). The highest BCUT2D eigenvalue weighted by atomic mass is 79.9. The maximum Gasteiger partial charge on any atom is 0.125 e. The van der Waals surface area contributed by atoms with Gasteiger partial charge in [0.05, 0.1) is 11.6 Å². The molecule has 1 atom stereocenters. The molecule has 1 aromatic carbocycles. The van der Waals surface area contributed by atoms with E-state index < -0.39 is 0 Å². The van der Waals surface area contributed by atoms with Crippen LogP contribution in [0.3, 0.4) is 0 Å². The van der Waals surface area contributed by atoms with Gasteiger partial charge in [0.25, 0.3) is 0 Å². The van der Waals surface area contributed by atoms with Crippen molar-refractivity contribution in [1.29, 1.82) is 0 Å². The highest BCUT2D eigenvalue weighted by Gasteiger charge is 2.20. The summed E-state index contributed by atoms with van der Waals surface area (Å²) < 4.78 is 6.81. The van der Waals surface area contributed by atoms with Crippen LogP contribution in [-0.2, 0) is 12.8 Å². The fraction of sp³-hybridized carbons (Fsp3) is 0.286. The minimum absolute atomic E-state index is 0.0879. The van der Waals surface area contributed by atoms with Crippen LogP contribution in [0.15, 0.2) is 28.1 Å². The zero-order chi connectivity index (χ0) is 13.4. The van der Waals surface area contributed by atoms with E-state index in [1.807, 2.05) is 11.4 Å². The van der Waals surface area contributed by atoms with Gasteiger partial charge < -0.3 is 10.5 Å². The Kier molecular flexibility index (Phi) is 3.85. The van der Waals surface area contributed by atoms with E-state index in [0.717, 1.165) is 45.1 Å². The molecule has 2 aromatic rings. The summed E-state index contributed by atoms with van der Waals surface area (Å²) in [6.07, 6.45) is 1.71. The van der Waals surface area contributed by atoms with Gasteiger partial charge in [0.2, 0.25) is 0 Å². The number of nitrogens with two attached hydrogens (primary N) is 1. The summed E-state index contributed by atoms with van der Waals surface area (Å²) >= 11 is 11.3. The maximum atomic E-state index is 6.27. The first-order valence-electron chi connectivity index (χ1n) is 6.07. The van der Waals surface area contributed by atoms with Gasteiger partial charge in [0, 0.05) is 21.8 Å². The molecule has 0 fully saturated rings. The summed E-state index contributed by atoms with van der Waals surface area (Å²) in [5, 5.41) is 2.73. The fourth-order valence-electron chi connectivity index (χ4n) is 2.40. The zero-order valence-electron chi connectivity index (χ0n) is 10.2. The topological polar surface area (TPSA) is 35.2 Å². The average molecular weight is 359 g/mol. The number of ether oxygens (including phenoxy) is 1. The van der Waals surface area contributed by atoms with Gasteiger partial charge in [-0.15, -0.1) is 11.3 Å². The highest BCUT2D eigenvalue weighted by molar-refractivity contribution is 9.10. The van der Waals surface area contributed by atoms with E-state index in [0.29, 0.717) is 0 Å². The molecule has 19 heavy (non-hydrogen) atoms. The summed E-state index contributed by atoms with van der Waals surface area (Å²) in [7, 11) is 0. The van der Waals surface area contributed by atoms with Crippen molar-refractivity contribution in [3.63, 3.8) is 0 Å². The lowest BCUT2D eigenvalue weighted by atomic mass is 10.0. The summed E-state index contributed by atoms with van der Waals surface area (Å²) in [6, 6.07) is 6.01. The molecule has 5 heteroatoms. The largest absolute Gasteiger partial charge is 0.493 e. The Hall–Kier alpha value is -0.550. The first kappa shape index (κ1) is 13.4. The number of hydrogen-bond acceptors (Lipinski definition) is 3. The predicted molar refractivity (Wildman–Crippen MR) is 83.3 cm³/mol. The molecule has 0 amide bonds. The molecule has 0 aliphatic carbocycles. The number of halogens is 2. The number of hydrogen-bond donors (Lipinski definition) is 1. The molecule has 0 spiro atoms. The summed E-state index contributed by atoms with van der Waals surface area (Å²) in [5.74, 6) is 1.01. The van der Waals surface area contributed by atoms with Crippen molar-refractivity contribution in [3.8, 4) is 5.75 Å². The van der Waals surface area contributed by atoms with E-state index in [2.05, 4.69) is 28.1 Å². The zero-order valence-corrected chi connectivity index (χ0v) is 13.3. The van der Waals surface area contributed by atoms with Crippen molar-refractivity contribution in [2.24, 2.45) is 5.73 Å². The van der Waals surface area contributed by atoms with Crippen molar-refractivity contribution in [2.45, 2.75) is 18.9 Å². The second-order valence-electron chi connectivity index (χ2n) is 4.60. The molecule has 2 heterocycles. The van der Waals surface area contributed by atoms with Crippen LogP contribution in [0.5, 0.6) is 5.75 Å². The monoisotopic (exact) mass is 357 g/mol. The van der Waals surface area contributed by atoms with Crippen LogP contribution in [0.4, 0.5) is 0 Å². The molecule has 0 bridgehead atoms. The molecule has 1 aliphatic rings. The summed E-state index contributed by atoms with van der Waals surface area (Å²) in [5.41, 5.74) is 8.68. The van der Waals surface area contributed by atoms with Crippen molar-refractivity contribution >= 4 is 38.9 Å². The van der Waals surface area contributed by atoms with Gasteiger partial charge in [0.15, 0.2) is 0 Å². The lowest BCUT2D eigenvalue weighted by Gasteiger charge is -2.14. The lowest BCUT2D eigenvalue weighted by Crippen LogP contribution is -2.13. The molecule has 2 nitrogen and oxygen atoms in total. The Morgan fingerprint density at radius 3 is 3.05 bits per heavy atom. The minimum atomic E-state index is -0.0879. The van der Waals surface area contributed by atoms with Crippen molar-refractivity contribution < 1.29 is 4.74 Å². The number of rotatable bonds is 3. The van der Waals surface area contributed by atoms with Crippen LogP contribution < -0.4 is 10.5 Å². The third kappa shape index (κ3) is 2.68. The van der Waals surface area contributed by atoms with E-state index in [4.69, 9.17) is 22.1 Å². The van der Waals surface area contributed by atoms with Gasteiger partial charge in [-0.2, -0.15) is 0 Å². The highest BCUT2D eigenvalue weighted by Crippen LogP contribution is 2.36. The third-order valence-corrected chi connectivity index (χ3v) is 5.19. The van der Waals surface area contributed by atoms with Crippen molar-refractivity contribution in [3.05, 3.63) is 49.1 Å². The second kappa shape index (κ2) is 5.44. The van der Waals surface area contributed by atoms with Crippen LogP contribution in [0.25, 0.3) is 0 Å². The van der Waals surface area contributed by atoms with Crippen LogP contribution >= 0.6 is 38.9 Å². The SMILES string of the molecule is NC(Cc1cc(Br)cc2c1OCC2)c1sccc1Cl. The van der Waals surface area contributed by atoms with E-state index in [9.17, 15) is 0 Å². The van der Waals surface area contributed by atoms with Crippen LogP contribution in [0, 0.1) is 0 Å². The molecule has 0 saturated heterocycles. The number of thiophene rings is 1. The van der Waals surface area contributed by atoms with Gasteiger partial charge in [0.1, 0.15) is 5.75 Å². The van der Waals surface area contributed by atoms with E-state index in [-0.39, 0.29) is 6.04 Å². The molecule has 0 saturated carbocycles. The maximum absolute atomic E-state index is 6.27. The van der Waals surface area contributed by atoms with Crippen molar-refractivity contribution in [2.75, 3.05) is 6.61 Å². The van der Waals surface area contributed by atoms with Gasteiger partial charge in [-0.05, 0) is 41.1 Å². The van der Waals surface area contributed by atoms with E-state index >= 15 is 0 Å². The normalized spacial score (nSPS) is 15.1. The molecule has 1 unspecified atom stereocenters. The molecule has 1 aromatic heterocycles. The molecule has 0 radical (unpaired) electrons. The third-order valence-electron chi connectivity index (χ3n) is 3.25. The predicted octanol–water partition coefficient (Wildman–Crippen LogP) is 4.34. The molecule has 1 aliphatic heterocycles. The van der Waals surface area contributed by atoms with Gasteiger partial charge in [-0.3, -0.25) is 0 Å². The second-order valence-corrected chi connectivity index (χ2v) is 6.87. The Morgan fingerprint density at radius 2 is 2.32 bits per heavy atom. The summed E-state index contributed by atoms with van der Waals surface area (Å²) in [6.45, 7) is 0.758. The first-order chi connectivity index (χ1) is 9.15. The van der Waals surface area contributed by atoms with Gasteiger partial charge in [-0.25, -0.2) is 0 Å².